The van der Waals surface area contributed by atoms with Crippen LogP contribution in [0.25, 0.3) is 11.1 Å². The number of thioether (sulfide) groups is 1. The number of benzene rings is 1. The number of pyridine rings is 2. The lowest BCUT2D eigenvalue weighted by atomic mass is 9.81. The monoisotopic (exact) mass is 719 g/mol. The van der Waals surface area contributed by atoms with Crippen molar-refractivity contribution in [2.75, 3.05) is 37.8 Å². The third-order valence-corrected chi connectivity index (χ3v) is 11.4. The fourth-order valence-electron chi connectivity index (χ4n) is 8.00. The molecule has 2 fully saturated rings. The Kier molecular flexibility index (Phi) is 11.1. The predicted octanol–water partition coefficient (Wildman–Crippen LogP) is 5.68. The van der Waals surface area contributed by atoms with Gasteiger partial charge in [-0.25, -0.2) is 4.98 Å². The first-order chi connectivity index (χ1) is 24.3. The number of hydrogen-bond donors (Lipinski definition) is 3. The van der Waals surface area contributed by atoms with Gasteiger partial charge in [-0.1, -0.05) is 0 Å². The molecule has 0 bridgehead atoms. The van der Waals surface area contributed by atoms with E-state index in [-0.39, 0.29) is 42.2 Å². The highest BCUT2D eigenvalue weighted by Crippen LogP contribution is 2.53. The van der Waals surface area contributed by atoms with Crippen LogP contribution in [0.15, 0.2) is 40.2 Å². The van der Waals surface area contributed by atoms with Crippen LogP contribution in [-0.2, 0) is 11.3 Å². The van der Waals surface area contributed by atoms with E-state index in [4.69, 9.17) is 19.2 Å². The lowest BCUT2D eigenvalue weighted by Crippen LogP contribution is -2.47. The Balaban J connectivity index is 1.31. The van der Waals surface area contributed by atoms with Crippen LogP contribution in [0.1, 0.15) is 80.6 Å². The zero-order valence-electron chi connectivity index (χ0n) is 31.2. The molecule has 276 valence electrons. The summed E-state index contributed by atoms with van der Waals surface area (Å²) >= 11 is 1.48. The topological polar surface area (TPSA) is 129 Å². The molecule has 1 aliphatic carbocycles. The number of aliphatic hydroxyl groups excluding tert-OH is 1. The number of nitrogens with zero attached hydrogens (tertiary/aromatic N) is 3. The molecule has 12 heteroatoms. The normalized spacial score (nSPS) is 25.3. The van der Waals surface area contributed by atoms with Crippen molar-refractivity contribution in [1.29, 1.82) is 0 Å². The van der Waals surface area contributed by atoms with E-state index in [1.165, 1.54) is 11.8 Å². The number of fused-ring (bicyclic) bond motifs is 1. The number of morpholine rings is 1. The number of carbonyl (C=O) groups is 1. The fourth-order valence-corrected chi connectivity index (χ4v) is 8.71. The summed E-state index contributed by atoms with van der Waals surface area (Å²) in [6, 6.07) is 8.22. The molecular weight excluding hydrogens is 667 g/mol. The van der Waals surface area contributed by atoms with Crippen LogP contribution in [0, 0.1) is 19.8 Å². The molecule has 1 amide bonds. The number of aliphatic hydroxyl groups is 1. The number of anilines is 1. The molecule has 0 radical (unpaired) electrons. The molecule has 6 rings (SSSR count). The highest BCUT2D eigenvalue weighted by Gasteiger charge is 2.48. The Bertz CT molecular complexity index is 1780. The van der Waals surface area contributed by atoms with Crippen molar-refractivity contribution in [2.45, 2.75) is 109 Å². The fraction of sp³-hybridized carbons (Fsp3) is 0.564. The van der Waals surface area contributed by atoms with Crippen LogP contribution in [0.3, 0.4) is 0 Å². The zero-order chi connectivity index (χ0) is 36.6. The number of ether oxygens (including phenoxy) is 3. The summed E-state index contributed by atoms with van der Waals surface area (Å²) in [5, 5.41) is 12.9. The first-order valence-electron chi connectivity index (χ1n) is 18.1. The number of hydrogen-bond acceptors (Lipinski definition) is 10. The molecule has 11 nitrogen and oxygen atoms in total. The van der Waals surface area contributed by atoms with Gasteiger partial charge in [-0.2, -0.15) is 0 Å². The zero-order valence-corrected chi connectivity index (χ0v) is 32.0. The molecule has 1 saturated carbocycles. The Morgan fingerprint density at radius 1 is 1.14 bits per heavy atom. The van der Waals surface area contributed by atoms with Gasteiger partial charge in [0, 0.05) is 89.7 Å². The van der Waals surface area contributed by atoms with Gasteiger partial charge >= 0.3 is 0 Å². The van der Waals surface area contributed by atoms with Crippen LogP contribution >= 0.6 is 11.8 Å². The molecular formula is C39H53N5O6S. The minimum Gasteiger partial charge on any atom is -0.448 e. The highest BCUT2D eigenvalue weighted by atomic mass is 32.2. The summed E-state index contributed by atoms with van der Waals surface area (Å²) in [4.78, 5) is 39.9. The van der Waals surface area contributed by atoms with Gasteiger partial charge < -0.3 is 39.4 Å². The quantitative estimate of drug-likeness (QED) is 0.225. The molecule has 1 saturated heterocycles. The third-order valence-electron chi connectivity index (χ3n) is 10.6. The van der Waals surface area contributed by atoms with Crippen molar-refractivity contribution < 1.29 is 24.1 Å². The minimum atomic E-state index is -0.916. The van der Waals surface area contributed by atoms with Crippen molar-refractivity contribution in [2.24, 2.45) is 5.92 Å². The second-order valence-electron chi connectivity index (χ2n) is 14.8. The van der Waals surface area contributed by atoms with Gasteiger partial charge in [0.2, 0.25) is 0 Å². The van der Waals surface area contributed by atoms with Crippen LogP contribution in [0.5, 0.6) is 11.5 Å². The summed E-state index contributed by atoms with van der Waals surface area (Å²) in [6.07, 6.45) is 7.39. The molecule has 4 heterocycles. The molecule has 3 aliphatic rings. The maximum Gasteiger partial charge on any atom is 0.254 e. The van der Waals surface area contributed by atoms with Gasteiger partial charge in [0.1, 0.15) is 5.82 Å². The smallest absolute Gasteiger partial charge is 0.254 e. The molecule has 1 aromatic carbocycles. The van der Waals surface area contributed by atoms with E-state index < -0.39 is 5.79 Å². The summed E-state index contributed by atoms with van der Waals surface area (Å²) in [7, 11) is 2.08. The molecule has 3 N–H and O–H groups in total. The number of likely N-dealkylation sites (N-methyl/N-ethyl adjacent to an activating group) is 1. The summed E-state index contributed by atoms with van der Waals surface area (Å²) in [5.41, 5.74) is 3.77. The summed E-state index contributed by atoms with van der Waals surface area (Å²) in [5.74, 6) is 0.961. The van der Waals surface area contributed by atoms with Crippen LogP contribution in [0.2, 0.25) is 0 Å². The lowest BCUT2D eigenvalue weighted by Gasteiger charge is -2.40. The SMILES string of the molecule is CSc1cc(C)[nH]c(=O)c1CNC(=O)c1cc(-c2ccc(N3C[C@@H](C)O[C@@H](C)C3)nc2)c2c(c1C)OC(C)(C1CCC(N(C)C[C@H](C)O)CC1)O2. The standard InChI is InChI=1S/C39H53N5O6S/c1-22-15-33(51-8)32(38(47)42-22)18-41-37(46)30-16-31(27-9-14-34(40-17-27)44-20-24(3)48-25(4)21-44)36-35(26(30)5)49-39(6,50-36)28-10-12-29(13-11-28)43(7)19-23(2)45/h9,14-17,23-25,28-29,45H,10-13,18-21H2,1-8H3,(H,41,46)(H,42,47)/t23-,24-,25+,28?,29?,39?/m0/s1. The second-order valence-corrected chi connectivity index (χ2v) is 15.7. The van der Waals surface area contributed by atoms with Gasteiger partial charge in [0.05, 0.1) is 18.3 Å². The molecule has 1 unspecified atom stereocenters. The molecule has 0 spiro atoms. The van der Waals surface area contributed by atoms with Crippen LogP contribution in [0.4, 0.5) is 5.82 Å². The van der Waals surface area contributed by atoms with Crippen molar-refractivity contribution in [1.82, 2.24) is 20.2 Å². The Morgan fingerprint density at radius 3 is 2.45 bits per heavy atom. The van der Waals surface area contributed by atoms with Crippen molar-refractivity contribution in [3.05, 3.63) is 63.2 Å². The van der Waals surface area contributed by atoms with E-state index in [1.807, 2.05) is 64.4 Å². The van der Waals surface area contributed by atoms with Crippen LogP contribution < -0.4 is 25.2 Å². The first kappa shape index (κ1) is 37.2. The van der Waals surface area contributed by atoms with Crippen LogP contribution in [-0.4, -0.2) is 89.0 Å². The average molecular weight is 720 g/mol. The van der Waals surface area contributed by atoms with Crippen molar-refractivity contribution >= 4 is 23.5 Å². The molecule has 2 aliphatic heterocycles. The largest absolute Gasteiger partial charge is 0.448 e. The summed E-state index contributed by atoms with van der Waals surface area (Å²) < 4.78 is 19.6. The molecule has 3 aromatic rings. The highest BCUT2D eigenvalue weighted by molar-refractivity contribution is 7.98. The summed E-state index contributed by atoms with van der Waals surface area (Å²) in [6.45, 7) is 14.0. The number of carbonyl (C=O) groups excluding carboxylic acids is 1. The maximum absolute atomic E-state index is 14.0. The Morgan fingerprint density at radius 2 is 1.82 bits per heavy atom. The van der Waals surface area contributed by atoms with E-state index in [0.717, 1.165) is 66.3 Å². The number of aromatic amines is 1. The lowest BCUT2D eigenvalue weighted by molar-refractivity contribution is -0.124. The van der Waals surface area contributed by atoms with E-state index in [9.17, 15) is 14.7 Å². The minimum absolute atomic E-state index is 0.0882. The van der Waals surface area contributed by atoms with Gasteiger partial charge in [0.15, 0.2) is 11.5 Å². The van der Waals surface area contributed by atoms with E-state index >= 15 is 0 Å². The number of nitrogens with one attached hydrogen (secondary N) is 2. The average Bonchev–Trinajstić information content (AvgIpc) is 3.46. The second kappa shape index (κ2) is 15.2. The molecule has 4 atom stereocenters. The third kappa shape index (κ3) is 7.94. The molecule has 2 aromatic heterocycles. The predicted molar refractivity (Wildman–Crippen MR) is 201 cm³/mol. The van der Waals surface area contributed by atoms with Crippen molar-refractivity contribution in [3.8, 4) is 22.6 Å². The van der Waals surface area contributed by atoms with Gasteiger partial charge in [0.25, 0.3) is 17.3 Å². The van der Waals surface area contributed by atoms with Gasteiger partial charge in [-0.3, -0.25) is 9.59 Å². The Hall–Kier alpha value is -3.58. The number of aryl methyl sites for hydroxylation is 1. The van der Waals surface area contributed by atoms with E-state index in [2.05, 4.69) is 41.0 Å². The maximum atomic E-state index is 14.0. The van der Waals surface area contributed by atoms with E-state index in [0.29, 0.717) is 40.8 Å². The van der Waals surface area contributed by atoms with Crippen molar-refractivity contribution in [3.63, 3.8) is 0 Å². The first-order valence-corrected chi connectivity index (χ1v) is 19.3. The van der Waals surface area contributed by atoms with Gasteiger partial charge in [-0.05, 0) is 97.9 Å². The van der Waals surface area contributed by atoms with Gasteiger partial charge in [-0.15, -0.1) is 11.8 Å². The number of aromatic nitrogens is 2. The molecule has 51 heavy (non-hydrogen) atoms. The Labute approximate surface area is 305 Å². The number of amides is 1. The number of H-pyrrole nitrogens is 1. The van der Waals surface area contributed by atoms with E-state index in [1.54, 1.807) is 0 Å². The number of rotatable bonds is 10.